The Kier molecular flexibility index (Phi) is 4.18. The van der Waals surface area contributed by atoms with E-state index < -0.39 is 10.0 Å². The monoisotopic (exact) mass is 366 g/mol. The lowest BCUT2D eigenvalue weighted by atomic mass is 10.1. The molecule has 1 fully saturated rings. The SMILES string of the molecule is NS(=O)(=O)c1ccccc1C1CC1c1ccnc(Nc2ccccc2)n1. The lowest BCUT2D eigenvalue weighted by molar-refractivity contribution is 0.596. The second-order valence-electron chi connectivity index (χ2n) is 6.33. The highest BCUT2D eigenvalue weighted by molar-refractivity contribution is 7.89. The highest BCUT2D eigenvalue weighted by Gasteiger charge is 2.42. The summed E-state index contributed by atoms with van der Waals surface area (Å²) in [5.74, 6) is 0.792. The van der Waals surface area contributed by atoms with Crippen molar-refractivity contribution in [1.82, 2.24) is 9.97 Å². The average Bonchev–Trinajstić information content (AvgIpc) is 3.43. The van der Waals surface area contributed by atoms with Gasteiger partial charge in [-0.25, -0.2) is 23.5 Å². The molecule has 0 spiro atoms. The van der Waals surface area contributed by atoms with E-state index in [4.69, 9.17) is 5.14 Å². The maximum Gasteiger partial charge on any atom is 0.238 e. The van der Waals surface area contributed by atoms with E-state index in [2.05, 4.69) is 15.3 Å². The van der Waals surface area contributed by atoms with Crippen LogP contribution in [0, 0.1) is 0 Å². The molecule has 0 bridgehead atoms. The number of hydrogen-bond acceptors (Lipinski definition) is 5. The Hall–Kier alpha value is -2.77. The van der Waals surface area contributed by atoms with Crippen LogP contribution in [0.4, 0.5) is 11.6 Å². The van der Waals surface area contributed by atoms with Gasteiger partial charge >= 0.3 is 0 Å². The third-order valence-corrected chi connectivity index (χ3v) is 5.49. The van der Waals surface area contributed by atoms with Crippen LogP contribution in [0.5, 0.6) is 0 Å². The van der Waals surface area contributed by atoms with Gasteiger partial charge in [0.05, 0.1) is 4.90 Å². The van der Waals surface area contributed by atoms with Crippen molar-refractivity contribution < 1.29 is 8.42 Å². The quantitative estimate of drug-likeness (QED) is 0.723. The lowest BCUT2D eigenvalue weighted by Gasteiger charge is -2.08. The van der Waals surface area contributed by atoms with Crippen LogP contribution in [0.1, 0.15) is 29.5 Å². The van der Waals surface area contributed by atoms with E-state index >= 15 is 0 Å². The smallest absolute Gasteiger partial charge is 0.238 e. The number of hydrogen-bond donors (Lipinski definition) is 2. The summed E-state index contributed by atoms with van der Waals surface area (Å²) >= 11 is 0. The summed E-state index contributed by atoms with van der Waals surface area (Å²) in [5, 5.41) is 8.53. The molecule has 0 aliphatic heterocycles. The van der Waals surface area contributed by atoms with Gasteiger partial charge in [0.15, 0.2) is 0 Å². The van der Waals surface area contributed by atoms with Crippen LogP contribution in [-0.4, -0.2) is 18.4 Å². The molecule has 3 aromatic rings. The fourth-order valence-electron chi connectivity index (χ4n) is 3.20. The van der Waals surface area contributed by atoms with Crippen molar-refractivity contribution in [3.8, 4) is 0 Å². The molecule has 2 aromatic carbocycles. The van der Waals surface area contributed by atoms with Crippen molar-refractivity contribution in [2.45, 2.75) is 23.2 Å². The zero-order chi connectivity index (χ0) is 18.1. The van der Waals surface area contributed by atoms with Crippen molar-refractivity contribution >= 4 is 21.7 Å². The van der Waals surface area contributed by atoms with Crippen LogP contribution in [0.25, 0.3) is 0 Å². The maximum atomic E-state index is 11.8. The molecular weight excluding hydrogens is 348 g/mol. The molecule has 7 heteroatoms. The number of rotatable bonds is 5. The van der Waals surface area contributed by atoms with Gasteiger partial charge in [0.1, 0.15) is 0 Å². The summed E-state index contributed by atoms with van der Waals surface area (Å²) in [7, 11) is -3.74. The van der Waals surface area contributed by atoms with Crippen LogP contribution in [0.2, 0.25) is 0 Å². The predicted molar refractivity (Wildman–Crippen MR) is 99.7 cm³/mol. The third-order valence-electron chi connectivity index (χ3n) is 4.50. The molecule has 0 radical (unpaired) electrons. The molecule has 1 aliphatic carbocycles. The van der Waals surface area contributed by atoms with Gasteiger partial charge in [0, 0.05) is 23.5 Å². The minimum atomic E-state index is -3.74. The minimum absolute atomic E-state index is 0.101. The number of aromatic nitrogens is 2. The molecule has 0 amide bonds. The largest absolute Gasteiger partial charge is 0.324 e. The number of sulfonamides is 1. The van der Waals surface area contributed by atoms with Gasteiger partial charge < -0.3 is 5.32 Å². The van der Waals surface area contributed by atoms with Crippen molar-refractivity contribution in [3.05, 3.63) is 78.1 Å². The van der Waals surface area contributed by atoms with Gasteiger partial charge in [0.25, 0.3) is 0 Å². The normalized spacial score (nSPS) is 19.1. The van der Waals surface area contributed by atoms with E-state index in [9.17, 15) is 8.42 Å². The molecule has 2 unspecified atom stereocenters. The molecule has 1 saturated carbocycles. The fraction of sp³-hybridized carbons (Fsp3) is 0.158. The first-order valence-electron chi connectivity index (χ1n) is 8.29. The van der Waals surface area contributed by atoms with E-state index in [0.717, 1.165) is 23.4 Å². The zero-order valence-electron chi connectivity index (χ0n) is 13.9. The van der Waals surface area contributed by atoms with Gasteiger partial charge in [0.2, 0.25) is 16.0 Å². The van der Waals surface area contributed by atoms with Gasteiger partial charge in [-0.05, 0) is 42.2 Å². The second-order valence-corrected chi connectivity index (χ2v) is 7.86. The Morgan fingerprint density at radius 1 is 0.962 bits per heavy atom. The standard InChI is InChI=1S/C19H18N4O2S/c20-26(24,25)18-9-5-4-8-14(18)15-12-16(15)17-10-11-21-19(23-17)22-13-6-2-1-3-7-13/h1-11,15-16H,12H2,(H2,20,24,25)(H,21,22,23). The number of benzene rings is 2. The summed E-state index contributed by atoms with van der Waals surface area (Å²) in [4.78, 5) is 9.05. The lowest BCUT2D eigenvalue weighted by Crippen LogP contribution is -2.14. The van der Waals surface area contributed by atoms with E-state index in [0.29, 0.717) is 5.95 Å². The zero-order valence-corrected chi connectivity index (χ0v) is 14.7. The molecule has 132 valence electrons. The maximum absolute atomic E-state index is 11.8. The molecular formula is C19H18N4O2S. The highest BCUT2D eigenvalue weighted by atomic mass is 32.2. The van der Waals surface area contributed by atoms with Crippen molar-refractivity contribution in [2.75, 3.05) is 5.32 Å². The summed E-state index contributed by atoms with van der Waals surface area (Å²) in [6.07, 6.45) is 2.56. The number of anilines is 2. The summed E-state index contributed by atoms with van der Waals surface area (Å²) in [6, 6.07) is 18.5. The first-order chi connectivity index (χ1) is 12.5. The first-order valence-corrected chi connectivity index (χ1v) is 9.84. The van der Waals surface area contributed by atoms with Crippen molar-refractivity contribution in [3.63, 3.8) is 0 Å². The third kappa shape index (κ3) is 3.44. The Bertz CT molecular complexity index is 1040. The van der Waals surface area contributed by atoms with Crippen LogP contribution < -0.4 is 10.5 Å². The Morgan fingerprint density at radius 2 is 1.69 bits per heavy atom. The first kappa shape index (κ1) is 16.7. The number of primary sulfonamides is 1. The van der Waals surface area contributed by atoms with Gasteiger partial charge in [-0.1, -0.05) is 36.4 Å². The van der Waals surface area contributed by atoms with Crippen LogP contribution in [0.15, 0.2) is 71.8 Å². The molecule has 1 aromatic heterocycles. The molecule has 0 saturated heterocycles. The van der Waals surface area contributed by atoms with Crippen molar-refractivity contribution in [2.24, 2.45) is 5.14 Å². The summed E-state index contributed by atoms with van der Waals surface area (Å²) in [5.41, 5.74) is 2.57. The Labute approximate surface area is 152 Å². The molecule has 1 aliphatic rings. The van der Waals surface area contributed by atoms with E-state index in [-0.39, 0.29) is 16.7 Å². The molecule has 3 N–H and O–H groups in total. The van der Waals surface area contributed by atoms with Crippen LogP contribution in [0.3, 0.4) is 0 Å². The molecule has 26 heavy (non-hydrogen) atoms. The number of nitrogens with one attached hydrogen (secondary N) is 1. The van der Waals surface area contributed by atoms with Crippen LogP contribution >= 0.6 is 0 Å². The fourth-order valence-corrected chi connectivity index (χ4v) is 4.02. The molecule has 4 rings (SSSR count). The van der Waals surface area contributed by atoms with E-state index in [1.54, 1.807) is 18.3 Å². The number of nitrogens with two attached hydrogens (primary N) is 1. The Morgan fingerprint density at radius 3 is 2.46 bits per heavy atom. The van der Waals surface area contributed by atoms with E-state index in [1.807, 2.05) is 48.5 Å². The van der Waals surface area contributed by atoms with Gasteiger partial charge in [-0.2, -0.15) is 0 Å². The van der Waals surface area contributed by atoms with Crippen LogP contribution in [-0.2, 0) is 10.0 Å². The van der Waals surface area contributed by atoms with Gasteiger partial charge in [-0.15, -0.1) is 0 Å². The molecule has 1 heterocycles. The van der Waals surface area contributed by atoms with Crippen molar-refractivity contribution in [1.29, 1.82) is 0 Å². The number of nitrogens with zero attached hydrogens (tertiary/aromatic N) is 2. The Balaban J connectivity index is 1.57. The second kappa shape index (κ2) is 6.51. The minimum Gasteiger partial charge on any atom is -0.324 e. The summed E-state index contributed by atoms with van der Waals surface area (Å²) in [6.45, 7) is 0. The molecule has 2 atom stereocenters. The molecule has 6 nitrogen and oxygen atoms in total. The topological polar surface area (TPSA) is 98.0 Å². The number of para-hydroxylation sites is 1. The predicted octanol–water partition coefficient (Wildman–Crippen LogP) is 3.14. The van der Waals surface area contributed by atoms with E-state index in [1.165, 1.54) is 0 Å². The van der Waals surface area contributed by atoms with Gasteiger partial charge in [-0.3, -0.25) is 0 Å². The average molecular weight is 366 g/mol. The summed E-state index contributed by atoms with van der Waals surface area (Å²) < 4.78 is 23.7. The highest BCUT2D eigenvalue weighted by Crippen LogP contribution is 2.55.